The zero-order chi connectivity index (χ0) is 13.0. The van der Waals surface area contributed by atoms with E-state index in [1.165, 1.54) is 6.42 Å². The molecule has 1 saturated carbocycles. The SMILES string of the molecule is CCC1(C)CCSC(=NCCNC(=O)C2CC2)N1. The molecule has 1 atom stereocenters. The summed E-state index contributed by atoms with van der Waals surface area (Å²) in [5, 5.41) is 7.47. The van der Waals surface area contributed by atoms with Crippen LogP contribution in [-0.2, 0) is 4.79 Å². The molecule has 0 aromatic heterocycles. The molecule has 1 aliphatic carbocycles. The highest BCUT2D eigenvalue weighted by molar-refractivity contribution is 8.13. The summed E-state index contributed by atoms with van der Waals surface area (Å²) in [6, 6.07) is 0. The summed E-state index contributed by atoms with van der Waals surface area (Å²) in [6.07, 6.45) is 4.43. The molecule has 0 radical (unpaired) electrons. The summed E-state index contributed by atoms with van der Waals surface area (Å²) >= 11 is 1.78. The van der Waals surface area contributed by atoms with Gasteiger partial charge in [-0.3, -0.25) is 9.79 Å². The maximum atomic E-state index is 11.4. The van der Waals surface area contributed by atoms with Crippen LogP contribution in [0, 0.1) is 5.92 Å². The minimum absolute atomic E-state index is 0.196. The molecule has 2 rings (SSSR count). The van der Waals surface area contributed by atoms with Gasteiger partial charge in [0.1, 0.15) is 0 Å². The van der Waals surface area contributed by atoms with Crippen LogP contribution in [0.25, 0.3) is 0 Å². The van der Waals surface area contributed by atoms with Crippen LogP contribution in [-0.4, -0.2) is 35.5 Å². The maximum absolute atomic E-state index is 11.4. The average molecular weight is 269 g/mol. The predicted molar refractivity (Wildman–Crippen MR) is 76.9 cm³/mol. The summed E-state index contributed by atoms with van der Waals surface area (Å²) < 4.78 is 0. The molecule has 0 aromatic carbocycles. The number of carbonyl (C=O) groups excluding carboxylic acids is 1. The Hall–Kier alpha value is -0.710. The monoisotopic (exact) mass is 269 g/mol. The van der Waals surface area contributed by atoms with Gasteiger partial charge in [0, 0.05) is 23.8 Å². The van der Waals surface area contributed by atoms with Gasteiger partial charge in [0.2, 0.25) is 5.91 Å². The normalized spacial score (nSPS) is 30.0. The summed E-state index contributed by atoms with van der Waals surface area (Å²) in [6.45, 7) is 5.78. The lowest BCUT2D eigenvalue weighted by atomic mass is 9.96. The van der Waals surface area contributed by atoms with Crippen molar-refractivity contribution in [3.8, 4) is 0 Å². The molecule has 2 fully saturated rings. The highest BCUT2D eigenvalue weighted by Crippen LogP contribution is 2.28. The van der Waals surface area contributed by atoms with E-state index in [1.807, 2.05) is 0 Å². The van der Waals surface area contributed by atoms with E-state index in [0.717, 1.165) is 30.2 Å². The fraction of sp³-hybridized carbons (Fsp3) is 0.846. The van der Waals surface area contributed by atoms with Crippen LogP contribution in [0.1, 0.15) is 39.5 Å². The van der Waals surface area contributed by atoms with Crippen molar-refractivity contribution in [3.63, 3.8) is 0 Å². The van der Waals surface area contributed by atoms with Gasteiger partial charge in [-0.1, -0.05) is 18.7 Å². The Bertz CT molecular complexity index is 341. The molecular weight excluding hydrogens is 246 g/mol. The molecule has 1 amide bonds. The Morgan fingerprint density at radius 2 is 2.39 bits per heavy atom. The third-order valence-corrected chi connectivity index (χ3v) is 4.61. The molecule has 4 nitrogen and oxygen atoms in total. The van der Waals surface area contributed by atoms with E-state index >= 15 is 0 Å². The smallest absolute Gasteiger partial charge is 0.223 e. The molecule has 2 aliphatic rings. The zero-order valence-electron chi connectivity index (χ0n) is 11.3. The van der Waals surface area contributed by atoms with Gasteiger partial charge in [-0.05, 0) is 32.6 Å². The summed E-state index contributed by atoms with van der Waals surface area (Å²) in [7, 11) is 0. The fourth-order valence-corrected chi connectivity index (χ4v) is 3.15. The molecule has 18 heavy (non-hydrogen) atoms. The molecule has 1 unspecified atom stereocenters. The highest BCUT2D eigenvalue weighted by atomic mass is 32.2. The lowest BCUT2D eigenvalue weighted by Crippen LogP contribution is -2.48. The molecule has 5 heteroatoms. The number of amides is 1. The molecule has 1 heterocycles. The standard InChI is InChI=1S/C13H23N3OS/c1-3-13(2)6-9-18-12(16-13)15-8-7-14-11(17)10-4-5-10/h10H,3-9H2,1-2H3,(H,14,17)(H,15,16). The van der Waals surface area contributed by atoms with Gasteiger partial charge in [-0.15, -0.1) is 0 Å². The number of hydrogen-bond acceptors (Lipinski definition) is 3. The number of carbonyl (C=O) groups is 1. The van der Waals surface area contributed by atoms with Crippen molar-refractivity contribution < 1.29 is 4.79 Å². The minimum atomic E-state index is 0.196. The van der Waals surface area contributed by atoms with Crippen molar-refractivity contribution in [2.45, 2.75) is 45.1 Å². The fourth-order valence-electron chi connectivity index (χ4n) is 1.91. The van der Waals surface area contributed by atoms with Crippen molar-refractivity contribution >= 4 is 22.8 Å². The maximum Gasteiger partial charge on any atom is 0.223 e. The number of thioether (sulfide) groups is 1. The van der Waals surface area contributed by atoms with E-state index in [4.69, 9.17) is 0 Å². The molecule has 0 bridgehead atoms. The number of nitrogens with one attached hydrogen (secondary N) is 2. The molecule has 102 valence electrons. The third kappa shape index (κ3) is 3.90. The van der Waals surface area contributed by atoms with E-state index in [9.17, 15) is 4.79 Å². The summed E-state index contributed by atoms with van der Waals surface area (Å²) in [4.78, 5) is 16.0. The van der Waals surface area contributed by atoms with Crippen molar-refractivity contribution in [2.75, 3.05) is 18.8 Å². The van der Waals surface area contributed by atoms with Gasteiger partial charge in [0.25, 0.3) is 0 Å². The van der Waals surface area contributed by atoms with Crippen LogP contribution >= 0.6 is 11.8 Å². The first kappa shape index (κ1) is 13.7. The molecule has 0 spiro atoms. The topological polar surface area (TPSA) is 53.5 Å². The van der Waals surface area contributed by atoms with Crippen LogP contribution in [0.4, 0.5) is 0 Å². The van der Waals surface area contributed by atoms with Gasteiger partial charge >= 0.3 is 0 Å². The molecule has 2 N–H and O–H groups in total. The first-order valence-corrected chi connectivity index (χ1v) is 7.85. The quantitative estimate of drug-likeness (QED) is 0.748. The average Bonchev–Trinajstić information content (AvgIpc) is 3.19. The van der Waals surface area contributed by atoms with Gasteiger partial charge in [0.05, 0.1) is 6.54 Å². The number of nitrogens with zero attached hydrogens (tertiary/aromatic N) is 1. The zero-order valence-corrected chi connectivity index (χ0v) is 12.1. The molecule has 1 aliphatic heterocycles. The predicted octanol–water partition coefficient (Wildman–Crippen LogP) is 1.76. The van der Waals surface area contributed by atoms with Crippen LogP contribution in [0.15, 0.2) is 4.99 Å². The van der Waals surface area contributed by atoms with E-state index in [2.05, 4.69) is 29.5 Å². The van der Waals surface area contributed by atoms with E-state index in [0.29, 0.717) is 19.0 Å². The second-order valence-corrected chi connectivity index (χ2v) is 6.47. The lowest BCUT2D eigenvalue weighted by Gasteiger charge is -2.35. The van der Waals surface area contributed by atoms with Crippen molar-refractivity contribution in [3.05, 3.63) is 0 Å². The minimum Gasteiger partial charge on any atom is -0.360 e. The van der Waals surface area contributed by atoms with E-state index < -0.39 is 0 Å². The van der Waals surface area contributed by atoms with E-state index in [1.54, 1.807) is 11.8 Å². The van der Waals surface area contributed by atoms with Crippen molar-refractivity contribution in [2.24, 2.45) is 10.9 Å². The number of amidine groups is 1. The first-order valence-electron chi connectivity index (χ1n) is 6.86. The van der Waals surface area contributed by atoms with Gasteiger partial charge in [-0.25, -0.2) is 0 Å². The van der Waals surface area contributed by atoms with Crippen LogP contribution in [0.5, 0.6) is 0 Å². The largest absolute Gasteiger partial charge is 0.360 e. The highest BCUT2D eigenvalue weighted by Gasteiger charge is 2.29. The van der Waals surface area contributed by atoms with Crippen LogP contribution < -0.4 is 10.6 Å². The second-order valence-electron chi connectivity index (χ2n) is 5.39. The van der Waals surface area contributed by atoms with Gasteiger partial charge in [0.15, 0.2) is 5.17 Å². The Labute approximate surface area is 113 Å². The first-order chi connectivity index (χ1) is 8.63. The van der Waals surface area contributed by atoms with Crippen LogP contribution in [0.3, 0.4) is 0 Å². The lowest BCUT2D eigenvalue weighted by molar-refractivity contribution is -0.122. The van der Waals surface area contributed by atoms with E-state index in [-0.39, 0.29) is 11.4 Å². The molecular formula is C13H23N3OS. The Morgan fingerprint density at radius 3 is 3.06 bits per heavy atom. The van der Waals surface area contributed by atoms with Crippen molar-refractivity contribution in [1.29, 1.82) is 0 Å². The molecule has 0 aromatic rings. The number of hydrogen-bond donors (Lipinski definition) is 2. The Morgan fingerprint density at radius 1 is 1.61 bits per heavy atom. The van der Waals surface area contributed by atoms with Gasteiger partial charge < -0.3 is 10.6 Å². The summed E-state index contributed by atoms with van der Waals surface area (Å²) in [5.74, 6) is 1.63. The second kappa shape index (κ2) is 5.95. The number of aliphatic imine (C=N–C) groups is 1. The summed E-state index contributed by atoms with van der Waals surface area (Å²) in [5.41, 5.74) is 0.196. The number of rotatable bonds is 5. The van der Waals surface area contributed by atoms with Crippen LogP contribution in [0.2, 0.25) is 0 Å². The third-order valence-electron chi connectivity index (χ3n) is 3.70. The van der Waals surface area contributed by atoms with Crippen molar-refractivity contribution in [1.82, 2.24) is 10.6 Å². The molecule has 1 saturated heterocycles. The Kier molecular flexibility index (Phi) is 4.54. The Balaban J connectivity index is 1.70. The van der Waals surface area contributed by atoms with Gasteiger partial charge in [-0.2, -0.15) is 0 Å².